The van der Waals surface area contributed by atoms with Crippen molar-refractivity contribution in [3.8, 4) is 11.4 Å². The van der Waals surface area contributed by atoms with E-state index in [4.69, 9.17) is 4.42 Å². The number of carbonyl (C=O) groups excluding carboxylic acids is 2. The zero-order chi connectivity index (χ0) is 20.1. The molecule has 0 aliphatic carbocycles. The molecule has 0 aliphatic heterocycles. The lowest BCUT2D eigenvalue weighted by Gasteiger charge is -2.09. The second kappa shape index (κ2) is 8.71. The molecular formula is C20H20N4O3S. The summed E-state index contributed by atoms with van der Waals surface area (Å²) in [6, 6.07) is 8.76. The average Bonchev–Trinajstić information content (AvgIpc) is 3.26. The van der Waals surface area contributed by atoms with E-state index < -0.39 is 0 Å². The minimum atomic E-state index is -0.229. The molecule has 0 radical (unpaired) electrons. The molecule has 0 spiro atoms. The second-order valence-corrected chi connectivity index (χ2v) is 6.98. The van der Waals surface area contributed by atoms with Crippen LogP contribution in [0.15, 0.2) is 58.8 Å². The van der Waals surface area contributed by atoms with Gasteiger partial charge in [0.1, 0.15) is 5.76 Å². The minimum Gasteiger partial charge on any atom is -0.469 e. The lowest BCUT2D eigenvalue weighted by atomic mass is 10.1. The van der Waals surface area contributed by atoms with Crippen molar-refractivity contribution in [1.82, 2.24) is 14.8 Å². The van der Waals surface area contributed by atoms with Crippen molar-refractivity contribution in [3.63, 3.8) is 0 Å². The molecule has 8 heteroatoms. The van der Waals surface area contributed by atoms with Crippen LogP contribution >= 0.6 is 11.8 Å². The molecule has 1 N–H and O–H groups in total. The number of Topliss-reactive ketones (excluding diaryl/α,β-unsaturated/α-hetero) is 1. The number of rotatable bonds is 8. The van der Waals surface area contributed by atoms with Gasteiger partial charge in [-0.05, 0) is 32.0 Å². The highest BCUT2D eigenvalue weighted by Crippen LogP contribution is 2.27. The molecule has 0 aliphatic rings. The lowest BCUT2D eigenvalue weighted by molar-refractivity contribution is -0.113. The summed E-state index contributed by atoms with van der Waals surface area (Å²) in [5.74, 6) is 1.21. The van der Waals surface area contributed by atoms with Crippen LogP contribution in [0.25, 0.3) is 11.4 Å². The Hall–Kier alpha value is -3.13. The molecule has 0 fully saturated rings. The summed E-state index contributed by atoms with van der Waals surface area (Å²) in [6.45, 7) is 7.61. The number of amides is 1. The van der Waals surface area contributed by atoms with Crippen LogP contribution in [0.3, 0.4) is 0 Å². The Morgan fingerprint density at radius 1 is 1.29 bits per heavy atom. The van der Waals surface area contributed by atoms with Gasteiger partial charge in [-0.3, -0.25) is 14.2 Å². The van der Waals surface area contributed by atoms with E-state index in [0.29, 0.717) is 28.8 Å². The van der Waals surface area contributed by atoms with E-state index in [9.17, 15) is 9.59 Å². The fourth-order valence-electron chi connectivity index (χ4n) is 2.72. The summed E-state index contributed by atoms with van der Waals surface area (Å²) >= 11 is 1.27. The Labute approximate surface area is 166 Å². The number of furan rings is 1. The Kier molecular flexibility index (Phi) is 6.10. The SMILES string of the molecule is C=CCn1c(SCC(=O)Nc2ccccc2C(C)=O)nnc1-c1ccoc1C. The summed E-state index contributed by atoms with van der Waals surface area (Å²) in [7, 11) is 0. The van der Waals surface area contributed by atoms with Crippen molar-refractivity contribution in [1.29, 1.82) is 0 Å². The predicted octanol–water partition coefficient (Wildman–Crippen LogP) is 3.97. The lowest BCUT2D eigenvalue weighted by Crippen LogP contribution is -2.16. The minimum absolute atomic E-state index is 0.102. The third-order valence-corrected chi connectivity index (χ3v) is 5.01. The molecule has 0 atom stereocenters. The largest absolute Gasteiger partial charge is 0.469 e. The monoisotopic (exact) mass is 396 g/mol. The molecule has 144 valence electrons. The van der Waals surface area contributed by atoms with E-state index in [1.807, 2.05) is 17.6 Å². The van der Waals surface area contributed by atoms with Crippen LogP contribution < -0.4 is 5.32 Å². The zero-order valence-electron chi connectivity index (χ0n) is 15.6. The van der Waals surface area contributed by atoms with Gasteiger partial charge in [-0.25, -0.2) is 0 Å². The van der Waals surface area contributed by atoms with Crippen molar-refractivity contribution < 1.29 is 14.0 Å². The summed E-state index contributed by atoms with van der Waals surface area (Å²) in [5, 5.41) is 11.8. The number of aryl methyl sites for hydroxylation is 1. The van der Waals surface area contributed by atoms with Crippen LogP contribution in [0.4, 0.5) is 5.69 Å². The second-order valence-electron chi connectivity index (χ2n) is 6.03. The highest BCUT2D eigenvalue weighted by Gasteiger charge is 2.18. The maximum Gasteiger partial charge on any atom is 0.234 e. The van der Waals surface area contributed by atoms with Crippen molar-refractivity contribution in [3.05, 3.63) is 60.6 Å². The van der Waals surface area contributed by atoms with E-state index in [1.54, 1.807) is 36.6 Å². The normalized spacial score (nSPS) is 10.6. The summed E-state index contributed by atoms with van der Waals surface area (Å²) in [5.41, 5.74) is 1.83. The van der Waals surface area contributed by atoms with Gasteiger partial charge in [0.2, 0.25) is 5.91 Å². The van der Waals surface area contributed by atoms with Gasteiger partial charge in [0.15, 0.2) is 16.8 Å². The molecule has 0 saturated carbocycles. The summed E-state index contributed by atoms with van der Waals surface area (Å²) in [4.78, 5) is 24.1. The molecule has 28 heavy (non-hydrogen) atoms. The van der Waals surface area contributed by atoms with Crippen molar-refractivity contribution in [2.45, 2.75) is 25.5 Å². The number of nitrogens with zero attached hydrogens (tertiary/aromatic N) is 3. The van der Waals surface area contributed by atoms with Gasteiger partial charge in [-0.2, -0.15) is 0 Å². The molecule has 3 rings (SSSR count). The average molecular weight is 396 g/mol. The van der Waals surface area contributed by atoms with Gasteiger partial charge >= 0.3 is 0 Å². The predicted molar refractivity (Wildman–Crippen MR) is 108 cm³/mol. The number of hydrogen-bond acceptors (Lipinski definition) is 6. The third-order valence-electron chi connectivity index (χ3n) is 4.04. The highest BCUT2D eigenvalue weighted by molar-refractivity contribution is 7.99. The van der Waals surface area contributed by atoms with Gasteiger partial charge in [0.05, 0.1) is 23.3 Å². The first-order valence-corrected chi connectivity index (χ1v) is 9.61. The zero-order valence-corrected chi connectivity index (χ0v) is 16.5. The molecule has 2 heterocycles. The number of para-hydroxylation sites is 1. The molecule has 3 aromatic rings. The first-order chi connectivity index (χ1) is 13.5. The van der Waals surface area contributed by atoms with Crippen LogP contribution in [-0.4, -0.2) is 32.2 Å². The number of thioether (sulfide) groups is 1. The van der Waals surface area contributed by atoms with Crippen LogP contribution in [0.5, 0.6) is 0 Å². The van der Waals surface area contributed by atoms with Crippen molar-refractivity contribution in [2.75, 3.05) is 11.1 Å². The Bertz CT molecular complexity index is 1020. The number of allylic oxidation sites excluding steroid dienone is 1. The first-order valence-electron chi connectivity index (χ1n) is 8.62. The van der Waals surface area contributed by atoms with Gasteiger partial charge in [-0.1, -0.05) is 30.0 Å². The van der Waals surface area contributed by atoms with E-state index in [0.717, 1.165) is 11.3 Å². The molecule has 0 unspecified atom stereocenters. The number of nitrogens with one attached hydrogen (secondary N) is 1. The molecule has 0 saturated heterocycles. The molecular weight excluding hydrogens is 376 g/mol. The van der Waals surface area contributed by atoms with Crippen LogP contribution in [0, 0.1) is 6.92 Å². The van der Waals surface area contributed by atoms with Crippen molar-refractivity contribution in [2.24, 2.45) is 0 Å². The maximum absolute atomic E-state index is 12.4. The number of ketones is 1. The smallest absolute Gasteiger partial charge is 0.234 e. The van der Waals surface area contributed by atoms with Gasteiger partial charge in [0.25, 0.3) is 0 Å². The molecule has 7 nitrogen and oxygen atoms in total. The number of aromatic nitrogens is 3. The van der Waals surface area contributed by atoms with Gasteiger partial charge < -0.3 is 9.73 Å². The maximum atomic E-state index is 12.4. The molecule has 1 amide bonds. The number of benzene rings is 1. The van der Waals surface area contributed by atoms with Crippen LogP contribution in [0.2, 0.25) is 0 Å². The summed E-state index contributed by atoms with van der Waals surface area (Å²) < 4.78 is 7.23. The number of anilines is 1. The molecule has 1 aromatic carbocycles. The van der Waals surface area contributed by atoms with E-state index >= 15 is 0 Å². The molecule has 0 bridgehead atoms. The van der Waals surface area contributed by atoms with E-state index in [-0.39, 0.29) is 17.4 Å². The van der Waals surface area contributed by atoms with E-state index in [1.165, 1.54) is 18.7 Å². The quantitative estimate of drug-likeness (QED) is 0.352. The third kappa shape index (κ3) is 4.23. The van der Waals surface area contributed by atoms with Gasteiger partial charge in [0, 0.05) is 12.1 Å². The standard InChI is InChI=1S/C20H20N4O3S/c1-4-10-24-19(16-9-11-27-14(16)3)22-23-20(24)28-12-18(26)21-17-8-6-5-7-15(17)13(2)25/h4-9,11H,1,10,12H2,2-3H3,(H,21,26). The van der Waals surface area contributed by atoms with Crippen molar-refractivity contribution >= 4 is 29.1 Å². The topological polar surface area (TPSA) is 90.0 Å². The van der Waals surface area contributed by atoms with E-state index in [2.05, 4.69) is 22.1 Å². The number of carbonyl (C=O) groups is 2. The fourth-order valence-corrected chi connectivity index (χ4v) is 3.47. The van der Waals surface area contributed by atoms with Crippen LogP contribution in [-0.2, 0) is 11.3 Å². The highest BCUT2D eigenvalue weighted by atomic mass is 32.2. The van der Waals surface area contributed by atoms with Gasteiger partial charge in [-0.15, -0.1) is 16.8 Å². The Balaban J connectivity index is 1.73. The molecule has 2 aromatic heterocycles. The van der Waals surface area contributed by atoms with Crippen LogP contribution in [0.1, 0.15) is 23.0 Å². The fraction of sp³-hybridized carbons (Fsp3) is 0.200. The number of hydrogen-bond donors (Lipinski definition) is 1. The Morgan fingerprint density at radius 3 is 2.75 bits per heavy atom. The summed E-state index contributed by atoms with van der Waals surface area (Å²) in [6.07, 6.45) is 3.35. The first kappa shape index (κ1) is 19.6. The Morgan fingerprint density at radius 2 is 2.07 bits per heavy atom.